The molecule has 0 saturated carbocycles. The third kappa shape index (κ3) is 2.94. The molecule has 0 bridgehead atoms. The first-order valence-corrected chi connectivity index (χ1v) is 6.06. The van der Waals surface area contributed by atoms with Gasteiger partial charge in [0, 0.05) is 13.1 Å². The molecule has 0 amide bonds. The van der Waals surface area contributed by atoms with Gasteiger partial charge in [-0.3, -0.25) is 0 Å². The third-order valence-electron chi connectivity index (χ3n) is 2.03. The second-order valence-corrected chi connectivity index (χ2v) is 4.10. The number of hydrogen-bond donors (Lipinski definition) is 0. The molecule has 0 spiro atoms. The van der Waals surface area contributed by atoms with Crippen molar-refractivity contribution in [3.63, 3.8) is 0 Å². The lowest BCUT2D eigenvalue weighted by molar-refractivity contribution is 0.940. The molecule has 0 aromatic carbocycles. The number of anilines is 1. The van der Waals surface area contributed by atoms with Crippen LogP contribution in [0.2, 0.25) is 0 Å². The molecule has 80 valence electrons. The van der Waals surface area contributed by atoms with Crippen LogP contribution in [0.25, 0.3) is 0 Å². The van der Waals surface area contributed by atoms with Crippen LogP contribution in [0.3, 0.4) is 0 Å². The Morgan fingerprint density at radius 3 is 2.21 bits per heavy atom. The summed E-state index contributed by atoms with van der Waals surface area (Å²) < 4.78 is 8.40. The van der Waals surface area contributed by atoms with E-state index in [1.165, 1.54) is 31.0 Å². The van der Waals surface area contributed by atoms with Crippen molar-refractivity contribution in [2.45, 2.75) is 40.0 Å². The van der Waals surface area contributed by atoms with Crippen molar-refractivity contribution < 1.29 is 0 Å². The molecule has 1 fully saturated rings. The topological polar surface area (TPSA) is 29.0 Å². The fourth-order valence-corrected chi connectivity index (χ4v) is 2.01. The van der Waals surface area contributed by atoms with E-state index in [9.17, 15) is 0 Å². The van der Waals surface area contributed by atoms with Gasteiger partial charge in [0.15, 0.2) is 5.82 Å². The van der Waals surface area contributed by atoms with Crippen LogP contribution in [0, 0.1) is 6.92 Å². The van der Waals surface area contributed by atoms with Gasteiger partial charge in [0.25, 0.3) is 0 Å². The number of aryl methyl sites for hydroxylation is 1. The van der Waals surface area contributed by atoms with Gasteiger partial charge in [0.2, 0.25) is 0 Å². The molecule has 14 heavy (non-hydrogen) atoms. The molecule has 0 N–H and O–H groups in total. The normalized spacial score (nSPS) is 15.2. The van der Waals surface area contributed by atoms with Gasteiger partial charge in [0.1, 0.15) is 0 Å². The van der Waals surface area contributed by atoms with Gasteiger partial charge in [-0.15, -0.1) is 0 Å². The van der Waals surface area contributed by atoms with E-state index in [0.717, 1.165) is 24.6 Å². The van der Waals surface area contributed by atoms with Crippen molar-refractivity contribution in [3.8, 4) is 0 Å². The maximum Gasteiger partial charge on any atom is 0.165 e. The number of nitrogens with zero attached hydrogens (tertiary/aromatic N) is 3. The molecular weight excluding hydrogens is 194 g/mol. The first-order valence-electron chi connectivity index (χ1n) is 5.33. The number of aromatic nitrogens is 2. The lowest BCUT2D eigenvalue weighted by Gasteiger charge is -2.13. The van der Waals surface area contributed by atoms with Gasteiger partial charge in [-0.2, -0.15) is 8.75 Å². The molecular formula is C10H19N3S. The Balaban J connectivity index is 0.000000293. The summed E-state index contributed by atoms with van der Waals surface area (Å²) in [5.74, 6) is 1.10. The standard InChI is InChI=1S/C7H11N3S.C3H8/c1-6-7(9-11-8-6)10-4-2-3-5-10;1-3-2/h2-5H2,1H3;3H2,1-2H3. The molecule has 2 rings (SSSR count). The summed E-state index contributed by atoms with van der Waals surface area (Å²) in [5, 5.41) is 0. The Kier molecular flexibility index (Phi) is 4.87. The molecule has 1 aromatic rings. The van der Waals surface area contributed by atoms with Crippen LogP contribution in [-0.4, -0.2) is 21.8 Å². The smallest absolute Gasteiger partial charge is 0.165 e. The van der Waals surface area contributed by atoms with Crippen LogP contribution in [0.1, 0.15) is 38.8 Å². The van der Waals surface area contributed by atoms with E-state index in [1.807, 2.05) is 6.92 Å². The van der Waals surface area contributed by atoms with Gasteiger partial charge in [-0.1, -0.05) is 20.3 Å². The van der Waals surface area contributed by atoms with Gasteiger partial charge in [-0.05, 0) is 19.8 Å². The molecule has 2 heterocycles. The van der Waals surface area contributed by atoms with E-state index in [2.05, 4.69) is 27.5 Å². The third-order valence-corrected chi connectivity index (χ3v) is 2.64. The summed E-state index contributed by atoms with van der Waals surface area (Å²) in [5.41, 5.74) is 1.08. The molecule has 0 aliphatic carbocycles. The Hall–Kier alpha value is -0.640. The zero-order chi connectivity index (χ0) is 10.4. The summed E-state index contributed by atoms with van der Waals surface area (Å²) >= 11 is 1.31. The highest BCUT2D eigenvalue weighted by molar-refractivity contribution is 6.99. The molecule has 3 nitrogen and oxygen atoms in total. The van der Waals surface area contributed by atoms with E-state index in [0.29, 0.717) is 0 Å². The average Bonchev–Trinajstić information content (AvgIpc) is 2.74. The molecule has 1 saturated heterocycles. The van der Waals surface area contributed by atoms with Gasteiger partial charge >= 0.3 is 0 Å². The van der Waals surface area contributed by atoms with Crippen molar-refractivity contribution in [2.75, 3.05) is 18.0 Å². The minimum atomic E-state index is 1.08. The Morgan fingerprint density at radius 1 is 1.21 bits per heavy atom. The van der Waals surface area contributed by atoms with Crippen LogP contribution in [-0.2, 0) is 0 Å². The Morgan fingerprint density at radius 2 is 1.79 bits per heavy atom. The van der Waals surface area contributed by atoms with Crippen molar-refractivity contribution in [3.05, 3.63) is 5.69 Å². The summed E-state index contributed by atoms with van der Waals surface area (Å²) in [6.07, 6.45) is 3.86. The van der Waals surface area contributed by atoms with Gasteiger partial charge in [-0.25, -0.2) is 0 Å². The van der Waals surface area contributed by atoms with Crippen molar-refractivity contribution in [2.24, 2.45) is 0 Å². The van der Waals surface area contributed by atoms with Crippen LogP contribution in [0.5, 0.6) is 0 Å². The van der Waals surface area contributed by atoms with E-state index in [4.69, 9.17) is 0 Å². The number of rotatable bonds is 1. The molecule has 1 aromatic heterocycles. The minimum absolute atomic E-state index is 1.08. The summed E-state index contributed by atoms with van der Waals surface area (Å²) in [6.45, 7) is 8.59. The predicted octanol–water partition coefficient (Wildman–Crippen LogP) is 2.86. The molecule has 4 heteroatoms. The summed E-state index contributed by atoms with van der Waals surface area (Å²) in [4.78, 5) is 2.32. The highest BCUT2D eigenvalue weighted by atomic mass is 32.1. The van der Waals surface area contributed by atoms with Crippen LogP contribution >= 0.6 is 11.7 Å². The highest BCUT2D eigenvalue weighted by Crippen LogP contribution is 2.21. The second-order valence-electron chi connectivity index (χ2n) is 3.57. The molecule has 0 radical (unpaired) electrons. The van der Waals surface area contributed by atoms with Crippen molar-refractivity contribution in [1.29, 1.82) is 0 Å². The predicted molar refractivity (Wildman–Crippen MR) is 62.1 cm³/mol. The summed E-state index contributed by atoms with van der Waals surface area (Å²) in [6, 6.07) is 0. The molecule has 0 atom stereocenters. The van der Waals surface area contributed by atoms with Crippen LogP contribution in [0.4, 0.5) is 5.82 Å². The van der Waals surface area contributed by atoms with Crippen LogP contribution in [0.15, 0.2) is 0 Å². The largest absolute Gasteiger partial charge is 0.354 e. The first-order chi connectivity index (χ1) is 6.79. The SMILES string of the molecule is CCC.Cc1nsnc1N1CCCC1. The second kappa shape index (κ2) is 5.96. The lowest BCUT2D eigenvalue weighted by Crippen LogP contribution is -2.18. The lowest BCUT2D eigenvalue weighted by atomic mass is 10.4. The monoisotopic (exact) mass is 213 g/mol. The fraction of sp³-hybridized carbons (Fsp3) is 0.800. The average molecular weight is 213 g/mol. The maximum atomic E-state index is 4.25. The Bertz CT molecular complexity index is 254. The summed E-state index contributed by atoms with van der Waals surface area (Å²) in [7, 11) is 0. The van der Waals surface area contributed by atoms with Gasteiger partial charge in [0.05, 0.1) is 17.4 Å². The van der Waals surface area contributed by atoms with E-state index >= 15 is 0 Å². The number of hydrogen-bond acceptors (Lipinski definition) is 4. The van der Waals surface area contributed by atoms with Gasteiger partial charge < -0.3 is 4.90 Å². The van der Waals surface area contributed by atoms with Crippen molar-refractivity contribution in [1.82, 2.24) is 8.75 Å². The van der Waals surface area contributed by atoms with E-state index in [-0.39, 0.29) is 0 Å². The first kappa shape index (κ1) is 11.4. The minimum Gasteiger partial charge on any atom is -0.354 e. The Labute approximate surface area is 90.5 Å². The van der Waals surface area contributed by atoms with Crippen molar-refractivity contribution >= 4 is 17.5 Å². The maximum absolute atomic E-state index is 4.25. The van der Waals surface area contributed by atoms with Crippen LogP contribution < -0.4 is 4.90 Å². The molecule has 1 aliphatic heterocycles. The zero-order valence-electron chi connectivity index (χ0n) is 9.29. The highest BCUT2D eigenvalue weighted by Gasteiger charge is 2.16. The molecule has 0 unspecified atom stereocenters. The molecule has 1 aliphatic rings. The zero-order valence-corrected chi connectivity index (χ0v) is 10.1. The van der Waals surface area contributed by atoms with E-state index < -0.39 is 0 Å². The van der Waals surface area contributed by atoms with E-state index in [1.54, 1.807) is 0 Å². The fourth-order valence-electron chi connectivity index (χ4n) is 1.44. The quantitative estimate of drug-likeness (QED) is 0.718.